The third-order valence-electron chi connectivity index (χ3n) is 2.74. The Bertz CT molecular complexity index is 604. The van der Waals surface area contributed by atoms with Gasteiger partial charge < -0.3 is 10.1 Å². The number of benzene rings is 1. The molecule has 0 fully saturated rings. The molecular weight excluding hydrogens is 264 g/mol. The van der Waals surface area contributed by atoms with Crippen molar-refractivity contribution in [3.63, 3.8) is 0 Å². The zero-order valence-electron chi connectivity index (χ0n) is 12.6. The van der Waals surface area contributed by atoms with Crippen LogP contribution in [0.25, 0.3) is 11.1 Å². The first-order valence-electron chi connectivity index (χ1n) is 6.90. The normalized spacial score (nSPS) is 11.0. The minimum Gasteiger partial charge on any atom is -0.444 e. The van der Waals surface area contributed by atoms with Crippen LogP contribution in [0.3, 0.4) is 0 Å². The van der Waals surface area contributed by atoms with E-state index >= 15 is 0 Å². The molecule has 0 radical (unpaired) electrons. The summed E-state index contributed by atoms with van der Waals surface area (Å²) >= 11 is 0. The Morgan fingerprint density at radius 3 is 2.52 bits per heavy atom. The summed E-state index contributed by atoms with van der Waals surface area (Å²) in [4.78, 5) is 15.9. The van der Waals surface area contributed by atoms with Crippen LogP contribution in [0.2, 0.25) is 0 Å². The molecule has 0 unspecified atom stereocenters. The summed E-state index contributed by atoms with van der Waals surface area (Å²) in [5, 5.41) is 2.73. The molecule has 2 rings (SSSR count). The summed E-state index contributed by atoms with van der Waals surface area (Å²) in [6, 6.07) is 12.0. The van der Waals surface area contributed by atoms with Crippen molar-refractivity contribution < 1.29 is 9.53 Å². The largest absolute Gasteiger partial charge is 0.444 e. The van der Waals surface area contributed by atoms with E-state index in [-0.39, 0.29) is 0 Å². The second-order valence-electron chi connectivity index (χ2n) is 5.80. The van der Waals surface area contributed by atoms with Crippen LogP contribution >= 0.6 is 0 Å². The molecule has 1 aromatic heterocycles. The fraction of sp³-hybridized carbons (Fsp3) is 0.294. The van der Waals surface area contributed by atoms with Gasteiger partial charge in [0.05, 0.1) is 0 Å². The van der Waals surface area contributed by atoms with Crippen molar-refractivity contribution in [2.75, 3.05) is 0 Å². The summed E-state index contributed by atoms with van der Waals surface area (Å²) in [5.74, 6) is 0. The van der Waals surface area contributed by atoms with E-state index in [1.54, 1.807) is 6.20 Å². The fourth-order valence-corrected chi connectivity index (χ4v) is 1.86. The molecule has 1 heterocycles. The molecule has 1 aromatic carbocycles. The lowest BCUT2D eigenvalue weighted by molar-refractivity contribution is 0.0523. The van der Waals surface area contributed by atoms with E-state index in [4.69, 9.17) is 4.74 Å². The van der Waals surface area contributed by atoms with E-state index in [2.05, 4.69) is 10.3 Å². The number of hydrogen-bond acceptors (Lipinski definition) is 3. The highest BCUT2D eigenvalue weighted by Crippen LogP contribution is 2.18. The second-order valence-corrected chi connectivity index (χ2v) is 5.80. The van der Waals surface area contributed by atoms with Gasteiger partial charge in [-0.15, -0.1) is 0 Å². The van der Waals surface area contributed by atoms with Gasteiger partial charge in [0, 0.05) is 24.5 Å². The van der Waals surface area contributed by atoms with Gasteiger partial charge in [0.2, 0.25) is 0 Å². The topological polar surface area (TPSA) is 51.2 Å². The first-order valence-corrected chi connectivity index (χ1v) is 6.90. The Kier molecular flexibility index (Phi) is 4.58. The molecule has 0 bridgehead atoms. The number of hydrogen-bond donors (Lipinski definition) is 1. The number of nitrogens with zero attached hydrogens (tertiary/aromatic N) is 1. The Labute approximate surface area is 125 Å². The van der Waals surface area contributed by atoms with Crippen molar-refractivity contribution in [1.29, 1.82) is 0 Å². The van der Waals surface area contributed by atoms with Gasteiger partial charge in [-0.3, -0.25) is 4.98 Å². The molecule has 1 N–H and O–H groups in total. The van der Waals surface area contributed by atoms with Crippen LogP contribution < -0.4 is 5.32 Å². The maximum Gasteiger partial charge on any atom is 0.407 e. The van der Waals surface area contributed by atoms with Gasteiger partial charge in [-0.25, -0.2) is 4.79 Å². The molecule has 0 spiro atoms. The van der Waals surface area contributed by atoms with Gasteiger partial charge in [0.1, 0.15) is 5.60 Å². The number of rotatable bonds is 3. The molecule has 0 aliphatic carbocycles. The fourth-order valence-electron chi connectivity index (χ4n) is 1.86. The predicted octanol–water partition coefficient (Wildman–Crippen LogP) is 3.77. The Hall–Kier alpha value is -2.36. The lowest BCUT2D eigenvalue weighted by atomic mass is 10.1. The number of ether oxygens (including phenoxy) is 1. The number of pyridine rings is 1. The molecule has 0 atom stereocenters. The molecule has 0 saturated carbocycles. The average molecular weight is 284 g/mol. The number of alkyl carbamates (subject to hydrolysis) is 1. The SMILES string of the molecule is CC(C)(C)OC(=O)NCc1cncc(-c2ccccc2)c1. The van der Waals surface area contributed by atoms with Crippen LogP contribution in [-0.4, -0.2) is 16.7 Å². The molecular formula is C17H20N2O2. The first kappa shape index (κ1) is 15.0. The maximum absolute atomic E-state index is 11.6. The van der Waals surface area contributed by atoms with Gasteiger partial charge in [-0.1, -0.05) is 30.3 Å². The molecule has 2 aromatic rings. The van der Waals surface area contributed by atoms with E-state index < -0.39 is 11.7 Å². The zero-order valence-corrected chi connectivity index (χ0v) is 12.6. The van der Waals surface area contributed by atoms with Gasteiger partial charge in [0.15, 0.2) is 0 Å². The van der Waals surface area contributed by atoms with Crippen LogP contribution in [0.15, 0.2) is 48.8 Å². The van der Waals surface area contributed by atoms with Crippen molar-refractivity contribution in [2.45, 2.75) is 32.9 Å². The Morgan fingerprint density at radius 1 is 1.14 bits per heavy atom. The average Bonchev–Trinajstić information content (AvgIpc) is 2.45. The number of nitrogens with one attached hydrogen (secondary N) is 1. The van der Waals surface area contributed by atoms with Crippen LogP contribution in [0.4, 0.5) is 4.79 Å². The standard InChI is InChI=1S/C17H20N2O2/c1-17(2,3)21-16(20)19-11-13-9-15(12-18-10-13)14-7-5-4-6-8-14/h4-10,12H,11H2,1-3H3,(H,19,20). The van der Waals surface area contributed by atoms with Crippen molar-refractivity contribution in [2.24, 2.45) is 0 Å². The molecule has 0 saturated heterocycles. The maximum atomic E-state index is 11.6. The lowest BCUT2D eigenvalue weighted by Crippen LogP contribution is -2.32. The molecule has 1 amide bonds. The zero-order chi connectivity index (χ0) is 15.3. The van der Waals surface area contributed by atoms with Gasteiger partial charge in [-0.05, 0) is 38.0 Å². The van der Waals surface area contributed by atoms with E-state index in [1.165, 1.54) is 0 Å². The molecule has 110 valence electrons. The molecule has 4 heteroatoms. The molecule has 4 nitrogen and oxygen atoms in total. The van der Waals surface area contributed by atoms with Crippen molar-refractivity contribution in [3.8, 4) is 11.1 Å². The van der Waals surface area contributed by atoms with Gasteiger partial charge >= 0.3 is 6.09 Å². The number of carbonyl (C=O) groups excluding carboxylic acids is 1. The third kappa shape index (κ3) is 4.91. The highest BCUT2D eigenvalue weighted by atomic mass is 16.6. The second kappa shape index (κ2) is 6.39. The number of carbonyl (C=O) groups is 1. The number of aromatic nitrogens is 1. The monoisotopic (exact) mass is 284 g/mol. The van der Waals surface area contributed by atoms with Crippen molar-refractivity contribution in [3.05, 3.63) is 54.4 Å². The summed E-state index contributed by atoms with van der Waals surface area (Å²) < 4.78 is 5.20. The quantitative estimate of drug-likeness (QED) is 0.933. The van der Waals surface area contributed by atoms with Crippen LogP contribution in [0.5, 0.6) is 0 Å². The van der Waals surface area contributed by atoms with Gasteiger partial charge in [0.25, 0.3) is 0 Å². The molecule has 21 heavy (non-hydrogen) atoms. The smallest absolute Gasteiger partial charge is 0.407 e. The van der Waals surface area contributed by atoms with Crippen LogP contribution in [0, 0.1) is 0 Å². The summed E-state index contributed by atoms with van der Waals surface area (Å²) in [6.45, 7) is 5.90. The molecule has 0 aliphatic heterocycles. The van der Waals surface area contributed by atoms with Crippen molar-refractivity contribution in [1.82, 2.24) is 10.3 Å². The third-order valence-corrected chi connectivity index (χ3v) is 2.74. The Balaban J connectivity index is 2.01. The van der Waals surface area contributed by atoms with Crippen molar-refractivity contribution >= 4 is 6.09 Å². The highest BCUT2D eigenvalue weighted by Gasteiger charge is 2.15. The predicted molar refractivity (Wildman–Crippen MR) is 82.7 cm³/mol. The van der Waals surface area contributed by atoms with E-state index in [1.807, 2.05) is 63.4 Å². The summed E-state index contributed by atoms with van der Waals surface area (Å²) in [7, 11) is 0. The van der Waals surface area contributed by atoms with E-state index in [0.717, 1.165) is 16.7 Å². The molecule has 0 aliphatic rings. The van der Waals surface area contributed by atoms with E-state index in [0.29, 0.717) is 6.54 Å². The Morgan fingerprint density at radius 2 is 1.86 bits per heavy atom. The van der Waals surface area contributed by atoms with E-state index in [9.17, 15) is 4.79 Å². The lowest BCUT2D eigenvalue weighted by Gasteiger charge is -2.19. The van der Waals surface area contributed by atoms with Crippen LogP contribution in [0.1, 0.15) is 26.3 Å². The summed E-state index contributed by atoms with van der Waals surface area (Å²) in [6.07, 6.45) is 3.13. The number of amides is 1. The van der Waals surface area contributed by atoms with Gasteiger partial charge in [-0.2, -0.15) is 0 Å². The summed E-state index contributed by atoms with van der Waals surface area (Å²) in [5.41, 5.74) is 2.57. The minimum absolute atomic E-state index is 0.391. The van der Waals surface area contributed by atoms with Crippen LogP contribution in [-0.2, 0) is 11.3 Å². The minimum atomic E-state index is -0.492. The highest BCUT2D eigenvalue weighted by molar-refractivity contribution is 5.68. The first-order chi connectivity index (χ1) is 9.94.